The molecule has 124 valence electrons. The van der Waals surface area contributed by atoms with Crippen LogP contribution in [0.2, 0.25) is 0 Å². The first kappa shape index (κ1) is 18.2. The molecule has 0 spiro atoms. The number of hydrogen-bond donors (Lipinski definition) is 2. The van der Waals surface area contributed by atoms with Gasteiger partial charge in [-0.1, -0.05) is 19.1 Å². The normalized spacial score (nSPS) is 12.5. The van der Waals surface area contributed by atoms with Gasteiger partial charge < -0.3 is 15.8 Å². The van der Waals surface area contributed by atoms with E-state index in [1.165, 1.54) is 10.6 Å². The number of sulfonamides is 1. The summed E-state index contributed by atoms with van der Waals surface area (Å²) in [4.78, 5) is 4.19. The SMILES string of the molecule is CCN(CCCN=C(N)Nc1ccccc1OC)S(C)(=O)=O. The van der Waals surface area contributed by atoms with Crippen molar-refractivity contribution in [2.45, 2.75) is 13.3 Å². The maximum Gasteiger partial charge on any atom is 0.211 e. The minimum atomic E-state index is -3.15. The van der Waals surface area contributed by atoms with E-state index in [1.54, 1.807) is 7.11 Å². The van der Waals surface area contributed by atoms with Gasteiger partial charge in [0, 0.05) is 19.6 Å². The van der Waals surface area contributed by atoms with E-state index < -0.39 is 10.0 Å². The Morgan fingerprint density at radius 3 is 2.68 bits per heavy atom. The van der Waals surface area contributed by atoms with Crippen LogP contribution < -0.4 is 15.8 Å². The van der Waals surface area contributed by atoms with Crippen LogP contribution in [0.5, 0.6) is 5.75 Å². The van der Waals surface area contributed by atoms with Crippen LogP contribution in [0, 0.1) is 0 Å². The number of anilines is 1. The first-order chi connectivity index (χ1) is 10.4. The molecule has 0 aliphatic rings. The predicted octanol–water partition coefficient (Wildman–Crippen LogP) is 1.09. The van der Waals surface area contributed by atoms with Gasteiger partial charge >= 0.3 is 0 Å². The number of nitrogens with one attached hydrogen (secondary N) is 1. The van der Waals surface area contributed by atoms with Gasteiger partial charge in [0.1, 0.15) is 5.75 Å². The summed E-state index contributed by atoms with van der Waals surface area (Å²) in [6.07, 6.45) is 1.81. The van der Waals surface area contributed by atoms with E-state index >= 15 is 0 Å². The zero-order chi connectivity index (χ0) is 16.6. The van der Waals surface area contributed by atoms with Crippen molar-refractivity contribution in [3.8, 4) is 5.75 Å². The third kappa shape index (κ3) is 5.90. The Hall–Kier alpha value is -1.80. The Bertz CT molecular complexity index is 602. The van der Waals surface area contributed by atoms with Crippen LogP contribution in [0.25, 0.3) is 0 Å². The molecule has 0 bridgehead atoms. The second-order valence-corrected chi connectivity index (χ2v) is 6.68. The lowest BCUT2D eigenvalue weighted by atomic mass is 10.3. The summed E-state index contributed by atoms with van der Waals surface area (Å²) >= 11 is 0. The van der Waals surface area contributed by atoms with E-state index in [-0.39, 0.29) is 5.96 Å². The fraction of sp³-hybridized carbons (Fsp3) is 0.500. The molecule has 0 radical (unpaired) electrons. The molecule has 22 heavy (non-hydrogen) atoms. The highest BCUT2D eigenvalue weighted by molar-refractivity contribution is 7.88. The Labute approximate surface area is 132 Å². The third-order valence-corrected chi connectivity index (χ3v) is 4.42. The summed E-state index contributed by atoms with van der Waals surface area (Å²) in [6.45, 7) is 3.14. The number of aliphatic imine (C=N–C) groups is 1. The minimum Gasteiger partial charge on any atom is -0.495 e. The van der Waals surface area contributed by atoms with Crippen molar-refractivity contribution in [3.05, 3.63) is 24.3 Å². The summed E-state index contributed by atoms with van der Waals surface area (Å²) in [5, 5.41) is 2.96. The number of methoxy groups -OCH3 is 1. The molecule has 0 fully saturated rings. The number of para-hydroxylation sites is 2. The molecule has 0 aromatic heterocycles. The molecule has 7 nitrogen and oxygen atoms in total. The van der Waals surface area contributed by atoms with Crippen LogP contribution >= 0.6 is 0 Å². The summed E-state index contributed by atoms with van der Waals surface area (Å²) in [6, 6.07) is 7.38. The van der Waals surface area contributed by atoms with Gasteiger partial charge in [0.15, 0.2) is 5.96 Å². The fourth-order valence-corrected chi connectivity index (χ4v) is 2.86. The van der Waals surface area contributed by atoms with Crippen molar-refractivity contribution in [1.82, 2.24) is 4.31 Å². The van der Waals surface area contributed by atoms with Crippen molar-refractivity contribution in [2.75, 3.05) is 38.3 Å². The molecule has 0 amide bonds. The zero-order valence-corrected chi connectivity index (χ0v) is 14.1. The molecule has 0 unspecified atom stereocenters. The minimum absolute atomic E-state index is 0.270. The third-order valence-electron chi connectivity index (χ3n) is 3.04. The van der Waals surface area contributed by atoms with E-state index in [4.69, 9.17) is 10.5 Å². The number of nitrogens with two attached hydrogens (primary N) is 1. The Kier molecular flexibility index (Phi) is 7.13. The van der Waals surface area contributed by atoms with Crippen molar-refractivity contribution >= 4 is 21.7 Å². The van der Waals surface area contributed by atoms with E-state index in [1.807, 2.05) is 31.2 Å². The molecule has 1 aromatic carbocycles. The van der Waals surface area contributed by atoms with Gasteiger partial charge in [-0.2, -0.15) is 0 Å². The van der Waals surface area contributed by atoms with Gasteiger partial charge in [-0.15, -0.1) is 0 Å². The molecular weight excluding hydrogens is 304 g/mol. The van der Waals surface area contributed by atoms with Gasteiger partial charge in [-0.3, -0.25) is 4.99 Å². The lowest BCUT2D eigenvalue weighted by Gasteiger charge is -2.16. The van der Waals surface area contributed by atoms with Crippen molar-refractivity contribution in [1.29, 1.82) is 0 Å². The topological polar surface area (TPSA) is 97.0 Å². The standard InChI is InChI=1S/C14H24N4O3S/c1-4-18(22(3,19)20)11-7-10-16-14(15)17-12-8-5-6-9-13(12)21-2/h5-6,8-9H,4,7,10-11H2,1-3H3,(H3,15,16,17). The smallest absolute Gasteiger partial charge is 0.211 e. The van der Waals surface area contributed by atoms with Crippen molar-refractivity contribution < 1.29 is 13.2 Å². The average molecular weight is 328 g/mol. The maximum atomic E-state index is 11.4. The highest BCUT2D eigenvalue weighted by atomic mass is 32.2. The van der Waals surface area contributed by atoms with Crippen LogP contribution in [-0.4, -0.2) is 51.7 Å². The number of guanidine groups is 1. The van der Waals surface area contributed by atoms with Gasteiger partial charge in [-0.25, -0.2) is 12.7 Å². The fourth-order valence-electron chi connectivity index (χ4n) is 1.93. The number of benzene rings is 1. The van der Waals surface area contributed by atoms with E-state index in [9.17, 15) is 8.42 Å². The predicted molar refractivity (Wildman–Crippen MR) is 89.8 cm³/mol. The zero-order valence-electron chi connectivity index (χ0n) is 13.2. The molecular formula is C14H24N4O3S. The van der Waals surface area contributed by atoms with Crippen LogP contribution in [0.3, 0.4) is 0 Å². The van der Waals surface area contributed by atoms with Gasteiger partial charge in [-0.05, 0) is 18.6 Å². The molecule has 3 N–H and O–H groups in total. The molecule has 0 saturated carbocycles. The summed E-state index contributed by atoms with van der Waals surface area (Å²) in [7, 11) is -1.57. The highest BCUT2D eigenvalue weighted by Crippen LogP contribution is 2.22. The van der Waals surface area contributed by atoms with Crippen LogP contribution in [0.4, 0.5) is 5.69 Å². The molecule has 0 aliphatic carbocycles. The Morgan fingerprint density at radius 1 is 1.41 bits per heavy atom. The average Bonchev–Trinajstić information content (AvgIpc) is 2.46. The maximum absolute atomic E-state index is 11.4. The first-order valence-electron chi connectivity index (χ1n) is 7.03. The lowest BCUT2D eigenvalue weighted by molar-refractivity contribution is 0.417. The number of hydrogen-bond acceptors (Lipinski definition) is 4. The highest BCUT2D eigenvalue weighted by Gasteiger charge is 2.12. The Morgan fingerprint density at radius 2 is 2.09 bits per heavy atom. The van der Waals surface area contributed by atoms with Gasteiger partial charge in [0.05, 0.1) is 19.1 Å². The summed E-state index contributed by atoms with van der Waals surface area (Å²) in [5.41, 5.74) is 6.55. The van der Waals surface area contributed by atoms with E-state index in [0.29, 0.717) is 31.8 Å². The van der Waals surface area contributed by atoms with Crippen LogP contribution in [-0.2, 0) is 10.0 Å². The van der Waals surface area contributed by atoms with Gasteiger partial charge in [0.25, 0.3) is 0 Å². The second-order valence-electron chi connectivity index (χ2n) is 4.70. The molecule has 0 heterocycles. The van der Waals surface area contributed by atoms with E-state index in [2.05, 4.69) is 10.3 Å². The van der Waals surface area contributed by atoms with Crippen molar-refractivity contribution in [2.24, 2.45) is 10.7 Å². The van der Waals surface area contributed by atoms with Crippen LogP contribution in [0.15, 0.2) is 29.3 Å². The Balaban J connectivity index is 2.50. The summed E-state index contributed by atoms with van der Waals surface area (Å²) in [5.74, 6) is 0.946. The largest absolute Gasteiger partial charge is 0.495 e. The van der Waals surface area contributed by atoms with Gasteiger partial charge in [0.2, 0.25) is 10.0 Å². The number of nitrogens with zero attached hydrogens (tertiary/aromatic N) is 2. The molecule has 1 aromatic rings. The molecule has 0 atom stereocenters. The lowest BCUT2D eigenvalue weighted by Crippen LogP contribution is -2.31. The quantitative estimate of drug-likeness (QED) is 0.423. The molecule has 1 rings (SSSR count). The van der Waals surface area contributed by atoms with Crippen LogP contribution in [0.1, 0.15) is 13.3 Å². The first-order valence-corrected chi connectivity index (χ1v) is 8.88. The van der Waals surface area contributed by atoms with E-state index in [0.717, 1.165) is 5.69 Å². The summed E-state index contributed by atoms with van der Waals surface area (Å²) < 4.78 is 29.5. The molecule has 0 aliphatic heterocycles. The number of ether oxygens (including phenoxy) is 1. The monoisotopic (exact) mass is 328 g/mol. The second kappa shape index (κ2) is 8.60. The number of rotatable bonds is 8. The molecule has 0 saturated heterocycles. The molecule has 8 heteroatoms. The van der Waals surface area contributed by atoms with Crippen molar-refractivity contribution in [3.63, 3.8) is 0 Å².